The number of hydrogen-bond acceptors (Lipinski definition) is 4. The van der Waals surface area contributed by atoms with E-state index in [-0.39, 0.29) is 5.56 Å². The van der Waals surface area contributed by atoms with Crippen LogP contribution < -0.4 is 11.1 Å². The summed E-state index contributed by atoms with van der Waals surface area (Å²) in [7, 11) is 0. The minimum Gasteiger partial charge on any atom is -0.478 e. The highest BCUT2D eigenvalue weighted by Gasteiger charge is 2.07. The maximum absolute atomic E-state index is 11.0. The van der Waals surface area contributed by atoms with Crippen molar-refractivity contribution in [2.45, 2.75) is 19.9 Å². The van der Waals surface area contributed by atoms with Gasteiger partial charge in [-0.25, -0.2) is 4.79 Å². The number of anilines is 2. The first-order valence-electron chi connectivity index (χ1n) is 6.41. The summed E-state index contributed by atoms with van der Waals surface area (Å²) in [5.74, 6) is -0.972. The molecule has 0 fully saturated rings. The number of hydrogen-bond donors (Lipinski definition) is 3. The van der Waals surface area contributed by atoms with Gasteiger partial charge in [0.1, 0.15) is 0 Å². The average molecular weight is 271 g/mol. The zero-order chi connectivity index (χ0) is 14.5. The van der Waals surface area contributed by atoms with Crippen LogP contribution in [0.1, 0.15) is 28.5 Å². The van der Waals surface area contributed by atoms with E-state index in [0.29, 0.717) is 17.9 Å². The molecule has 4 N–H and O–H groups in total. The number of nitrogens with zero attached hydrogens (tertiary/aromatic N) is 1. The van der Waals surface area contributed by atoms with Crippen LogP contribution in [0.25, 0.3) is 0 Å². The monoisotopic (exact) mass is 271 g/mol. The van der Waals surface area contributed by atoms with Gasteiger partial charge in [0.05, 0.1) is 29.2 Å². The predicted molar refractivity (Wildman–Crippen MR) is 78.8 cm³/mol. The van der Waals surface area contributed by atoms with Crippen molar-refractivity contribution >= 4 is 17.3 Å². The van der Waals surface area contributed by atoms with E-state index in [4.69, 9.17) is 10.8 Å². The number of carboxylic acid groups (broad SMARTS) is 1. The van der Waals surface area contributed by atoms with Crippen molar-refractivity contribution in [1.29, 1.82) is 0 Å². The van der Waals surface area contributed by atoms with Gasteiger partial charge in [-0.3, -0.25) is 4.98 Å². The lowest BCUT2D eigenvalue weighted by molar-refractivity contribution is 0.0697. The van der Waals surface area contributed by atoms with Crippen molar-refractivity contribution in [2.75, 3.05) is 11.1 Å². The zero-order valence-corrected chi connectivity index (χ0v) is 11.3. The maximum atomic E-state index is 11.0. The lowest BCUT2D eigenvalue weighted by Gasteiger charge is -2.11. The van der Waals surface area contributed by atoms with E-state index in [1.165, 1.54) is 12.1 Å². The molecule has 0 aliphatic rings. The molecule has 0 bridgehead atoms. The number of rotatable bonds is 5. The summed E-state index contributed by atoms with van der Waals surface area (Å²) in [6.45, 7) is 2.58. The second-order valence-electron chi connectivity index (χ2n) is 4.42. The van der Waals surface area contributed by atoms with Gasteiger partial charge >= 0.3 is 5.97 Å². The minimum absolute atomic E-state index is 0.207. The first-order valence-corrected chi connectivity index (χ1v) is 6.41. The van der Waals surface area contributed by atoms with Crippen molar-refractivity contribution < 1.29 is 9.90 Å². The standard InChI is InChI=1S/C15H17N3O2/c1-2-10-4-3-7-17-14(10)9-18-13-8-11(15(19)20)5-6-12(13)16/h3-8,18H,2,9,16H2,1H3,(H,19,20). The second-order valence-corrected chi connectivity index (χ2v) is 4.42. The second kappa shape index (κ2) is 6.06. The van der Waals surface area contributed by atoms with E-state index in [9.17, 15) is 4.79 Å². The van der Waals surface area contributed by atoms with Gasteiger partial charge in [-0.05, 0) is 36.2 Å². The summed E-state index contributed by atoms with van der Waals surface area (Å²) >= 11 is 0. The molecule has 2 rings (SSSR count). The van der Waals surface area contributed by atoms with Gasteiger partial charge in [0, 0.05) is 6.20 Å². The van der Waals surface area contributed by atoms with Gasteiger partial charge in [-0.1, -0.05) is 13.0 Å². The summed E-state index contributed by atoms with van der Waals surface area (Å²) in [6.07, 6.45) is 2.64. The van der Waals surface area contributed by atoms with Gasteiger partial charge in [0.25, 0.3) is 0 Å². The Kier molecular flexibility index (Phi) is 4.20. The molecule has 2 aromatic rings. The zero-order valence-electron chi connectivity index (χ0n) is 11.3. The Bertz CT molecular complexity index is 626. The normalized spacial score (nSPS) is 10.2. The topological polar surface area (TPSA) is 88.2 Å². The van der Waals surface area contributed by atoms with Crippen LogP contribution in [-0.2, 0) is 13.0 Å². The van der Waals surface area contributed by atoms with Crippen LogP contribution in [0, 0.1) is 0 Å². The molecule has 1 aromatic heterocycles. The first-order chi connectivity index (χ1) is 9.61. The molecule has 5 nitrogen and oxygen atoms in total. The Balaban J connectivity index is 2.18. The molecule has 20 heavy (non-hydrogen) atoms. The molecule has 0 radical (unpaired) electrons. The van der Waals surface area contributed by atoms with Crippen molar-refractivity contribution in [3.63, 3.8) is 0 Å². The highest BCUT2D eigenvalue weighted by atomic mass is 16.4. The fourth-order valence-electron chi connectivity index (χ4n) is 1.97. The van der Waals surface area contributed by atoms with Crippen LogP contribution >= 0.6 is 0 Å². The van der Waals surface area contributed by atoms with E-state index in [1.807, 2.05) is 12.1 Å². The van der Waals surface area contributed by atoms with Crippen LogP contribution in [0.5, 0.6) is 0 Å². The van der Waals surface area contributed by atoms with E-state index >= 15 is 0 Å². The summed E-state index contributed by atoms with van der Waals surface area (Å²) in [4.78, 5) is 15.3. The Morgan fingerprint density at radius 1 is 1.40 bits per heavy atom. The molecule has 0 aliphatic carbocycles. The van der Waals surface area contributed by atoms with E-state index < -0.39 is 5.97 Å². The fourth-order valence-corrected chi connectivity index (χ4v) is 1.97. The van der Waals surface area contributed by atoms with Crippen molar-refractivity contribution in [1.82, 2.24) is 4.98 Å². The summed E-state index contributed by atoms with van der Waals surface area (Å²) in [6, 6.07) is 8.54. The molecule has 0 amide bonds. The van der Waals surface area contributed by atoms with E-state index in [1.54, 1.807) is 12.3 Å². The first kappa shape index (κ1) is 13.9. The largest absolute Gasteiger partial charge is 0.478 e. The molecule has 0 saturated carbocycles. The third-order valence-electron chi connectivity index (χ3n) is 3.11. The van der Waals surface area contributed by atoms with Crippen molar-refractivity contribution in [3.05, 3.63) is 53.3 Å². The van der Waals surface area contributed by atoms with E-state index in [0.717, 1.165) is 17.7 Å². The van der Waals surface area contributed by atoms with Crippen LogP contribution in [0.15, 0.2) is 36.5 Å². The molecule has 0 aliphatic heterocycles. The number of carbonyl (C=O) groups is 1. The lowest BCUT2D eigenvalue weighted by atomic mass is 10.1. The number of aryl methyl sites for hydroxylation is 1. The molecule has 0 atom stereocenters. The highest BCUT2D eigenvalue weighted by molar-refractivity contribution is 5.90. The molecule has 0 saturated heterocycles. The predicted octanol–water partition coefficient (Wildman–Crippen LogP) is 2.54. The summed E-state index contributed by atoms with van der Waals surface area (Å²) < 4.78 is 0. The number of pyridine rings is 1. The third kappa shape index (κ3) is 3.06. The number of nitrogens with one attached hydrogen (secondary N) is 1. The molecular weight excluding hydrogens is 254 g/mol. The Hall–Kier alpha value is -2.56. The Labute approximate surface area is 117 Å². The number of aromatic nitrogens is 1. The summed E-state index contributed by atoms with van der Waals surface area (Å²) in [5.41, 5.74) is 9.28. The lowest BCUT2D eigenvalue weighted by Crippen LogP contribution is -2.08. The number of benzene rings is 1. The maximum Gasteiger partial charge on any atom is 0.335 e. The molecule has 1 heterocycles. The van der Waals surface area contributed by atoms with Crippen molar-refractivity contribution in [3.8, 4) is 0 Å². The third-order valence-corrected chi connectivity index (χ3v) is 3.11. The molecular formula is C15H17N3O2. The average Bonchev–Trinajstić information content (AvgIpc) is 2.46. The molecule has 0 unspecified atom stereocenters. The van der Waals surface area contributed by atoms with Crippen LogP contribution in [0.4, 0.5) is 11.4 Å². The van der Waals surface area contributed by atoms with Gasteiger partial charge in [0.2, 0.25) is 0 Å². The number of aromatic carboxylic acids is 1. The molecule has 5 heteroatoms. The minimum atomic E-state index is -0.972. The van der Waals surface area contributed by atoms with Crippen LogP contribution in [-0.4, -0.2) is 16.1 Å². The van der Waals surface area contributed by atoms with Gasteiger partial charge in [-0.15, -0.1) is 0 Å². The van der Waals surface area contributed by atoms with Crippen molar-refractivity contribution in [2.24, 2.45) is 0 Å². The molecule has 104 valence electrons. The van der Waals surface area contributed by atoms with Crippen LogP contribution in [0.2, 0.25) is 0 Å². The van der Waals surface area contributed by atoms with Gasteiger partial charge in [0.15, 0.2) is 0 Å². The van der Waals surface area contributed by atoms with Gasteiger partial charge < -0.3 is 16.2 Å². The fraction of sp³-hybridized carbons (Fsp3) is 0.200. The SMILES string of the molecule is CCc1cccnc1CNc1cc(C(=O)O)ccc1N. The number of nitrogens with two attached hydrogens (primary N) is 1. The molecule has 0 spiro atoms. The van der Waals surface area contributed by atoms with Gasteiger partial charge in [-0.2, -0.15) is 0 Å². The Morgan fingerprint density at radius 3 is 2.90 bits per heavy atom. The Morgan fingerprint density at radius 2 is 2.20 bits per heavy atom. The smallest absolute Gasteiger partial charge is 0.335 e. The molecule has 1 aromatic carbocycles. The quantitative estimate of drug-likeness (QED) is 0.727. The number of carboxylic acids is 1. The van der Waals surface area contributed by atoms with Crippen LogP contribution in [0.3, 0.4) is 0 Å². The number of nitrogen functional groups attached to an aromatic ring is 1. The highest BCUT2D eigenvalue weighted by Crippen LogP contribution is 2.21. The summed E-state index contributed by atoms with van der Waals surface area (Å²) in [5, 5.41) is 12.1. The van der Waals surface area contributed by atoms with E-state index in [2.05, 4.69) is 17.2 Å².